The van der Waals surface area contributed by atoms with Gasteiger partial charge in [-0.3, -0.25) is 4.79 Å². The molecule has 0 aliphatic heterocycles. The molecule has 1 aromatic carbocycles. The fourth-order valence-electron chi connectivity index (χ4n) is 3.00. The molecule has 0 unspecified atom stereocenters. The van der Waals surface area contributed by atoms with Crippen molar-refractivity contribution in [2.45, 2.75) is 30.8 Å². The van der Waals surface area contributed by atoms with Crippen LogP contribution in [0.3, 0.4) is 0 Å². The summed E-state index contributed by atoms with van der Waals surface area (Å²) >= 11 is 17.5. The van der Waals surface area contributed by atoms with Crippen molar-refractivity contribution in [3.8, 4) is 16.9 Å². The largest absolute Gasteiger partial charge is 0.482 e. The predicted molar refractivity (Wildman–Crippen MR) is 107 cm³/mol. The van der Waals surface area contributed by atoms with Gasteiger partial charge in [-0.2, -0.15) is 13.2 Å². The van der Waals surface area contributed by atoms with Crippen molar-refractivity contribution in [1.29, 1.82) is 0 Å². The summed E-state index contributed by atoms with van der Waals surface area (Å²) in [6, 6.07) is 2.05. The quantitative estimate of drug-likeness (QED) is 0.361. The van der Waals surface area contributed by atoms with Gasteiger partial charge in [-0.25, -0.2) is 4.39 Å². The van der Waals surface area contributed by atoms with E-state index < -0.39 is 23.6 Å². The van der Waals surface area contributed by atoms with Gasteiger partial charge in [0.15, 0.2) is 6.61 Å². The minimum Gasteiger partial charge on any atom is -0.482 e. The second-order valence-electron chi connectivity index (χ2n) is 6.90. The van der Waals surface area contributed by atoms with Gasteiger partial charge in [0.1, 0.15) is 17.3 Å². The highest BCUT2D eigenvalue weighted by atomic mass is 35.5. The van der Waals surface area contributed by atoms with Gasteiger partial charge >= 0.3 is 6.18 Å². The first kappa shape index (κ1) is 23.0. The smallest absolute Gasteiger partial charge is 0.431 e. The van der Waals surface area contributed by atoms with Crippen molar-refractivity contribution in [3.05, 3.63) is 39.9 Å². The lowest BCUT2D eigenvalue weighted by atomic mass is 10.00. The highest BCUT2D eigenvalue weighted by Gasteiger charge is 2.38. The highest BCUT2D eigenvalue weighted by molar-refractivity contribution is 6.32. The molecule has 2 aromatic rings. The van der Waals surface area contributed by atoms with Crippen LogP contribution in [0.4, 0.5) is 17.6 Å². The van der Waals surface area contributed by atoms with Crippen LogP contribution in [0, 0.1) is 11.7 Å². The number of amides is 1. The molecule has 4 nitrogen and oxygen atoms in total. The molecular weight excluding hydrogens is 471 g/mol. The minimum absolute atomic E-state index is 0.0472. The third-order valence-electron chi connectivity index (χ3n) is 4.67. The number of aromatic amines is 1. The number of aromatic nitrogens is 1. The summed E-state index contributed by atoms with van der Waals surface area (Å²) in [5, 5.41) is 2.58. The molecule has 0 radical (unpaired) electrons. The fraction of sp³-hybridized carbons (Fsp3) is 0.421. The number of carbonyl (C=O) groups is 1. The van der Waals surface area contributed by atoms with E-state index in [1.54, 1.807) is 0 Å². The number of halogens is 7. The van der Waals surface area contributed by atoms with Crippen molar-refractivity contribution in [2.75, 3.05) is 13.2 Å². The summed E-state index contributed by atoms with van der Waals surface area (Å²) in [7, 11) is 0. The molecule has 1 saturated carbocycles. The van der Waals surface area contributed by atoms with Crippen LogP contribution in [-0.4, -0.2) is 24.0 Å². The zero-order valence-corrected chi connectivity index (χ0v) is 17.7. The standard InChI is InChI=1S/C19H17Cl3F4N2O2/c20-5-11-17(14(6-21)28-18(11)19(24,25)26)10-3-15(12(22)4-13(10)23)30-8-16(29)27-7-9-1-2-9/h3-4,9,28H,1-2,5-8H2,(H,27,29). The lowest BCUT2D eigenvalue weighted by Crippen LogP contribution is -2.30. The van der Waals surface area contributed by atoms with E-state index in [1.165, 1.54) is 0 Å². The van der Waals surface area contributed by atoms with Gasteiger partial charge in [0.05, 0.1) is 16.8 Å². The number of carbonyl (C=O) groups excluding carboxylic acids is 1. The van der Waals surface area contributed by atoms with Crippen molar-refractivity contribution in [3.63, 3.8) is 0 Å². The third-order valence-corrected chi connectivity index (χ3v) is 5.50. The van der Waals surface area contributed by atoms with E-state index >= 15 is 0 Å². The molecule has 1 amide bonds. The van der Waals surface area contributed by atoms with Crippen LogP contribution in [0.2, 0.25) is 5.02 Å². The van der Waals surface area contributed by atoms with Gasteiger partial charge in [-0.1, -0.05) is 11.6 Å². The Hall–Kier alpha value is -1.64. The number of hydrogen-bond donors (Lipinski definition) is 2. The molecule has 1 aliphatic rings. The van der Waals surface area contributed by atoms with Gasteiger partial charge < -0.3 is 15.0 Å². The van der Waals surface area contributed by atoms with E-state index in [-0.39, 0.29) is 51.6 Å². The fourth-order valence-corrected chi connectivity index (χ4v) is 3.68. The normalized spacial score (nSPS) is 14.1. The number of ether oxygens (including phenoxy) is 1. The average Bonchev–Trinajstić information content (AvgIpc) is 3.43. The summed E-state index contributed by atoms with van der Waals surface area (Å²) in [5.41, 5.74) is -1.81. The molecule has 2 N–H and O–H groups in total. The lowest BCUT2D eigenvalue weighted by Gasteiger charge is -2.13. The van der Waals surface area contributed by atoms with Gasteiger partial charge in [0.2, 0.25) is 0 Å². The van der Waals surface area contributed by atoms with E-state index in [1.807, 2.05) is 0 Å². The maximum absolute atomic E-state index is 14.7. The molecule has 0 atom stereocenters. The Bertz CT molecular complexity index is 943. The second-order valence-corrected chi connectivity index (χ2v) is 7.84. The first-order valence-electron chi connectivity index (χ1n) is 8.97. The Kier molecular flexibility index (Phi) is 7.09. The maximum atomic E-state index is 14.7. The minimum atomic E-state index is -4.73. The Balaban J connectivity index is 1.93. The van der Waals surface area contributed by atoms with E-state index in [4.69, 9.17) is 39.5 Å². The molecule has 3 rings (SSSR count). The maximum Gasteiger partial charge on any atom is 0.431 e. The number of rotatable bonds is 8. The van der Waals surface area contributed by atoms with E-state index in [0.29, 0.717) is 12.5 Å². The molecule has 1 heterocycles. The number of benzene rings is 1. The van der Waals surface area contributed by atoms with Crippen molar-refractivity contribution in [2.24, 2.45) is 5.92 Å². The first-order valence-corrected chi connectivity index (χ1v) is 10.4. The van der Waals surface area contributed by atoms with Crippen LogP contribution in [0.5, 0.6) is 5.75 Å². The number of hydrogen-bond acceptors (Lipinski definition) is 2. The molecule has 11 heteroatoms. The number of alkyl halides is 5. The monoisotopic (exact) mass is 486 g/mol. The Labute approximate surface area is 184 Å². The molecule has 0 spiro atoms. The van der Waals surface area contributed by atoms with Crippen LogP contribution >= 0.6 is 34.8 Å². The van der Waals surface area contributed by atoms with Gasteiger partial charge in [0.25, 0.3) is 5.91 Å². The Morgan fingerprint density at radius 3 is 2.50 bits per heavy atom. The van der Waals surface area contributed by atoms with Crippen LogP contribution in [0.25, 0.3) is 11.1 Å². The van der Waals surface area contributed by atoms with Crippen LogP contribution < -0.4 is 10.1 Å². The topological polar surface area (TPSA) is 54.1 Å². The molecule has 30 heavy (non-hydrogen) atoms. The summed E-state index contributed by atoms with van der Waals surface area (Å²) in [6.45, 7) is 0.176. The summed E-state index contributed by atoms with van der Waals surface area (Å²) in [4.78, 5) is 14.1. The summed E-state index contributed by atoms with van der Waals surface area (Å²) in [6.07, 6.45) is -2.60. The highest BCUT2D eigenvalue weighted by Crippen LogP contribution is 2.43. The molecule has 1 aromatic heterocycles. The number of nitrogens with one attached hydrogen (secondary N) is 2. The summed E-state index contributed by atoms with van der Waals surface area (Å²) in [5.74, 6) is -1.69. The lowest BCUT2D eigenvalue weighted by molar-refractivity contribution is -0.141. The van der Waals surface area contributed by atoms with Crippen molar-refractivity contribution < 1.29 is 27.1 Å². The third kappa shape index (κ3) is 5.15. The molecule has 0 bridgehead atoms. The predicted octanol–water partition coefficient (Wildman–Crippen LogP) is 5.88. The second kappa shape index (κ2) is 9.24. The molecule has 1 fully saturated rings. The first-order chi connectivity index (χ1) is 14.2. The van der Waals surface area contributed by atoms with E-state index in [0.717, 1.165) is 25.0 Å². The zero-order chi connectivity index (χ0) is 22.1. The average molecular weight is 488 g/mol. The van der Waals surface area contributed by atoms with Gasteiger partial charge in [0, 0.05) is 28.9 Å². The molecular formula is C19H17Cl3F4N2O2. The van der Waals surface area contributed by atoms with Crippen LogP contribution in [0.15, 0.2) is 12.1 Å². The van der Waals surface area contributed by atoms with Crippen LogP contribution in [-0.2, 0) is 22.7 Å². The Morgan fingerprint density at radius 2 is 1.93 bits per heavy atom. The van der Waals surface area contributed by atoms with Crippen LogP contribution in [0.1, 0.15) is 29.8 Å². The molecule has 0 saturated heterocycles. The van der Waals surface area contributed by atoms with Crippen molar-refractivity contribution in [1.82, 2.24) is 10.3 Å². The molecule has 1 aliphatic carbocycles. The van der Waals surface area contributed by atoms with Crippen molar-refractivity contribution >= 4 is 40.7 Å². The summed E-state index contributed by atoms with van der Waals surface area (Å²) < 4.78 is 60.1. The Morgan fingerprint density at radius 1 is 1.23 bits per heavy atom. The van der Waals surface area contributed by atoms with E-state index in [2.05, 4.69) is 10.3 Å². The zero-order valence-electron chi connectivity index (χ0n) is 15.4. The number of H-pyrrole nitrogens is 1. The van der Waals surface area contributed by atoms with Gasteiger partial charge in [-0.15, -0.1) is 23.2 Å². The van der Waals surface area contributed by atoms with Gasteiger partial charge in [-0.05, 0) is 30.9 Å². The van der Waals surface area contributed by atoms with E-state index in [9.17, 15) is 22.4 Å². The molecule has 164 valence electrons. The SMILES string of the molecule is O=C(COc1cc(-c2c(CCl)[nH]c(C(F)(F)F)c2CCl)c(F)cc1Cl)NCC1CC1.